The van der Waals surface area contributed by atoms with Gasteiger partial charge in [0, 0.05) is 0 Å². The van der Waals surface area contributed by atoms with Crippen LogP contribution in [0.2, 0.25) is 0 Å². The number of hydrogen-bond acceptors (Lipinski definition) is 6. The Balaban J connectivity index is 0.000000172. The normalized spacial score (nSPS) is 12.8. The molecule has 4 aromatic rings. The van der Waals surface area contributed by atoms with E-state index >= 15 is 0 Å². The van der Waals surface area contributed by atoms with Crippen LogP contribution in [-0.4, -0.2) is 46.9 Å². The molecule has 2 heterocycles. The summed E-state index contributed by atoms with van der Waals surface area (Å²) < 4.78 is 100. The molecule has 4 rings (SSSR count). The molecule has 8 nitrogen and oxygen atoms in total. The van der Waals surface area contributed by atoms with Gasteiger partial charge < -0.3 is 10.4 Å². The van der Waals surface area contributed by atoms with Crippen molar-refractivity contribution in [1.29, 1.82) is 0 Å². The number of hydrogen-bond donors (Lipinski definition) is 2. The second kappa shape index (κ2) is 7.27. The molecular formula is C14H6F8N6O2. The second-order valence-corrected chi connectivity index (χ2v) is 5.56. The van der Waals surface area contributed by atoms with Crippen LogP contribution in [0.25, 0.3) is 22.1 Å². The van der Waals surface area contributed by atoms with Crippen molar-refractivity contribution >= 4 is 22.1 Å². The molecule has 0 saturated heterocycles. The van der Waals surface area contributed by atoms with Crippen molar-refractivity contribution in [3.05, 3.63) is 47.0 Å². The summed E-state index contributed by atoms with van der Waals surface area (Å²) in [5.74, 6) is -7.45. The zero-order valence-corrected chi connectivity index (χ0v) is 13.9. The zero-order valence-electron chi connectivity index (χ0n) is 13.9. The van der Waals surface area contributed by atoms with Gasteiger partial charge in [-0.2, -0.15) is 13.2 Å². The smallest absolute Gasteiger partial charge is 0.410 e. The zero-order chi connectivity index (χ0) is 22.4. The van der Waals surface area contributed by atoms with Gasteiger partial charge in [0.15, 0.2) is 34.3 Å². The van der Waals surface area contributed by atoms with E-state index in [1.165, 1.54) is 0 Å². The maximum Gasteiger partial charge on any atom is 0.423 e. The SMILES string of the molecule is On1nnc2c(F)c(F)c(F)c(F)c21.On1nnc2ccc(C(F)C(F)(F)F)cc21. The average molecular weight is 442 g/mol. The number of halogens is 8. The van der Waals surface area contributed by atoms with Gasteiger partial charge in [0.1, 0.15) is 11.0 Å². The minimum atomic E-state index is -4.97. The molecule has 0 saturated carbocycles. The van der Waals surface area contributed by atoms with Gasteiger partial charge in [-0.25, -0.2) is 22.0 Å². The molecule has 0 radical (unpaired) electrons. The minimum Gasteiger partial charge on any atom is -0.410 e. The lowest BCUT2D eigenvalue weighted by Gasteiger charge is -2.12. The third kappa shape index (κ3) is 3.50. The lowest BCUT2D eigenvalue weighted by molar-refractivity contribution is -0.182. The predicted molar refractivity (Wildman–Crippen MR) is 79.2 cm³/mol. The molecule has 0 aliphatic heterocycles. The first-order valence-electron chi connectivity index (χ1n) is 7.45. The van der Waals surface area contributed by atoms with E-state index in [0.29, 0.717) is 4.85 Å². The molecule has 2 aromatic heterocycles. The van der Waals surface area contributed by atoms with Gasteiger partial charge in [-0.1, -0.05) is 15.8 Å². The monoisotopic (exact) mass is 442 g/mol. The van der Waals surface area contributed by atoms with E-state index in [0.717, 1.165) is 18.2 Å². The molecule has 1 unspecified atom stereocenters. The molecule has 0 bridgehead atoms. The van der Waals surface area contributed by atoms with E-state index in [2.05, 4.69) is 20.6 Å². The first kappa shape index (κ1) is 21.0. The maximum atomic E-state index is 13.0. The molecule has 160 valence electrons. The second-order valence-electron chi connectivity index (χ2n) is 5.56. The molecule has 30 heavy (non-hydrogen) atoms. The number of alkyl halides is 4. The van der Waals surface area contributed by atoms with Gasteiger partial charge in [-0.3, -0.25) is 0 Å². The third-order valence-corrected chi connectivity index (χ3v) is 3.68. The Morgan fingerprint density at radius 3 is 2.07 bits per heavy atom. The van der Waals surface area contributed by atoms with Crippen molar-refractivity contribution in [2.75, 3.05) is 0 Å². The van der Waals surface area contributed by atoms with Gasteiger partial charge in [0.2, 0.25) is 6.17 Å². The maximum absolute atomic E-state index is 13.0. The van der Waals surface area contributed by atoms with E-state index < -0.39 is 52.2 Å². The molecule has 0 amide bonds. The van der Waals surface area contributed by atoms with Crippen LogP contribution in [0, 0.1) is 23.3 Å². The average Bonchev–Trinajstić information content (AvgIpc) is 3.26. The summed E-state index contributed by atoms with van der Waals surface area (Å²) in [7, 11) is 0. The number of fused-ring (bicyclic) bond motifs is 2. The molecule has 2 N–H and O–H groups in total. The van der Waals surface area contributed by atoms with Gasteiger partial charge in [-0.05, 0) is 28.1 Å². The van der Waals surface area contributed by atoms with Crippen LogP contribution in [0.3, 0.4) is 0 Å². The highest BCUT2D eigenvalue weighted by Crippen LogP contribution is 2.36. The molecule has 16 heteroatoms. The summed E-state index contributed by atoms with van der Waals surface area (Å²) in [4.78, 5) is 0.123. The van der Waals surface area contributed by atoms with Crippen molar-refractivity contribution in [2.45, 2.75) is 12.3 Å². The predicted octanol–water partition coefficient (Wildman–Crippen LogP) is 3.47. The molecule has 0 aliphatic carbocycles. The van der Waals surface area contributed by atoms with Gasteiger partial charge >= 0.3 is 6.18 Å². The van der Waals surface area contributed by atoms with Crippen LogP contribution in [0.5, 0.6) is 0 Å². The van der Waals surface area contributed by atoms with E-state index in [-0.39, 0.29) is 15.9 Å². The van der Waals surface area contributed by atoms with Crippen LogP contribution < -0.4 is 0 Å². The van der Waals surface area contributed by atoms with Gasteiger partial charge in [0.25, 0.3) is 0 Å². The Labute approximate surface area is 158 Å². The Kier molecular flexibility index (Phi) is 5.09. The van der Waals surface area contributed by atoms with Crippen molar-refractivity contribution in [3.8, 4) is 0 Å². The van der Waals surface area contributed by atoms with Crippen molar-refractivity contribution in [3.63, 3.8) is 0 Å². The minimum absolute atomic E-state index is 0.0793. The van der Waals surface area contributed by atoms with Crippen LogP contribution in [0.15, 0.2) is 18.2 Å². The van der Waals surface area contributed by atoms with E-state index in [1.54, 1.807) is 0 Å². The van der Waals surface area contributed by atoms with Crippen molar-refractivity contribution < 1.29 is 45.5 Å². The van der Waals surface area contributed by atoms with E-state index in [4.69, 9.17) is 10.4 Å². The molecular weight excluding hydrogens is 436 g/mol. The number of benzene rings is 2. The highest BCUT2D eigenvalue weighted by atomic mass is 19.4. The Bertz CT molecular complexity index is 1240. The highest BCUT2D eigenvalue weighted by molar-refractivity contribution is 5.76. The molecule has 0 aliphatic rings. The van der Waals surface area contributed by atoms with E-state index in [1.807, 2.05) is 0 Å². The summed E-state index contributed by atoms with van der Waals surface area (Å²) in [5, 5.41) is 30.2. The Morgan fingerprint density at radius 1 is 0.833 bits per heavy atom. The molecule has 0 spiro atoms. The first-order valence-corrected chi connectivity index (χ1v) is 7.45. The molecule has 1 atom stereocenters. The van der Waals surface area contributed by atoms with Crippen molar-refractivity contribution in [2.24, 2.45) is 0 Å². The van der Waals surface area contributed by atoms with Gasteiger partial charge in [-0.15, -0.1) is 10.2 Å². The molecule has 0 fully saturated rings. The standard InChI is InChI=1S/C8H5F4N3O.C6HF4N3O/c9-7(8(10,11)12)4-1-2-5-6(3-4)15(16)14-13-5;7-1-2(8)4(10)6-5(3(1)9)11-12-13(6)14/h1-3,7,16H;14H. The Morgan fingerprint density at radius 2 is 1.43 bits per heavy atom. The quantitative estimate of drug-likeness (QED) is 0.203. The topological polar surface area (TPSA) is 102 Å². The summed E-state index contributed by atoms with van der Waals surface area (Å²) >= 11 is 0. The van der Waals surface area contributed by atoms with Crippen LogP contribution in [0.4, 0.5) is 35.1 Å². The summed E-state index contributed by atoms with van der Waals surface area (Å²) in [5.41, 5.74) is -2.31. The summed E-state index contributed by atoms with van der Waals surface area (Å²) in [6.45, 7) is 0. The van der Waals surface area contributed by atoms with E-state index in [9.17, 15) is 35.1 Å². The number of nitrogens with zero attached hydrogens (tertiary/aromatic N) is 6. The lowest BCUT2D eigenvalue weighted by Crippen LogP contribution is -2.16. The summed E-state index contributed by atoms with van der Waals surface area (Å²) in [6.07, 6.45) is -8.06. The van der Waals surface area contributed by atoms with Crippen LogP contribution in [-0.2, 0) is 0 Å². The van der Waals surface area contributed by atoms with Crippen LogP contribution >= 0.6 is 0 Å². The van der Waals surface area contributed by atoms with Crippen LogP contribution in [0.1, 0.15) is 11.7 Å². The summed E-state index contributed by atoms with van der Waals surface area (Å²) in [6, 6.07) is 2.96. The van der Waals surface area contributed by atoms with Gasteiger partial charge in [0.05, 0.1) is 0 Å². The highest BCUT2D eigenvalue weighted by Gasteiger charge is 2.41. The number of rotatable bonds is 1. The fourth-order valence-corrected chi connectivity index (χ4v) is 2.28. The fourth-order valence-electron chi connectivity index (χ4n) is 2.28. The number of aromatic nitrogens is 6. The van der Waals surface area contributed by atoms with Crippen molar-refractivity contribution in [1.82, 2.24) is 30.3 Å². The third-order valence-electron chi connectivity index (χ3n) is 3.68. The fraction of sp³-hybridized carbons (Fsp3) is 0.143. The first-order chi connectivity index (χ1) is 13.9. The molecule has 2 aromatic carbocycles. The largest absolute Gasteiger partial charge is 0.423 e. The lowest BCUT2D eigenvalue weighted by atomic mass is 10.1. The Hall–Kier alpha value is -3.72.